The van der Waals surface area contributed by atoms with Crippen molar-refractivity contribution in [3.63, 3.8) is 0 Å². The SMILES string of the molecule is CC(C)[C@H]1N=C2c3ccccc3N=C(S[C@@H](C)C(=O)NCc3ccccc3)N2C1=O. The normalized spacial score (nSPS) is 18.5. The van der Waals surface area contributed by atoms with Crippen LogP contribution in [0, 0.1) is 5.92 Å². The van der Waals surface area contributed by atoms with Gasteiger partial charge in [-0.3, -0.25) is 14.6 Å². The topological polar surface area (TPSA) is 74.1 Å². The Hall–Kier alpha value is -2.93. The zero-order chi connectivity index (χ0) is 21.3. The van der Waals surface area contributed by atoms with Crippen LogP contribution in [0.1, 0.15) is 31.9 Å². The Balaban J connectivity index is 1.54. The van der Waals surface area contributed by atoms with Crippen molar-refractivity contribution in [1.29, 1.82) is 0 Å². The van der Waals surface area contributed by atoms with E-state index in [0.717, 1.165) is 16.8 Å². The number of aliphatic imine (C=N–C) groups is 2. The predicted molar refractivity (Wildman–Crippen MR) is 121 cm³/mol. The first-order chi connectivity index (χ1) is 14.5. The number of thioether (sulfide) groups is 1. The van der Waals surface area contributed by atoms with Crippen molar-refractivity contribution in [2.24, 2.45) is 15.9 Å². The van der Waals surface area contributed by atoms with Crippen molar-refractivity contribution >= 4 is 40.3 Å². The molecule has 0 spiro atoms. The summed E-state index contributed by atoms with van der Waals surface area (Å²) in [4.78, 5) is 36.7. The number of nitrogens with zero attached hydrogens (tertiary/aromatic N) is 3. The van der Waals surface area contributed by atoms with Gasteiger partial charge in [-0.2, -0.15) is 0 Å². The maximum atomic E-state index is 13.1. The lowest BCUT2D eigenvalue weighted by atomic mass is 10.1. The number of nitrogens with one attached hydrogen (secondary N) is 1. The third-order valence-electron chi connectivity index (χ3n) is 5.09. The molecule has 7 heteroatoms. The molecular formula is C23H24N4O2S. The lowest BCUT2D eigenvalue weighted by Crippen LogP contribution is -2.43. The summed E-state index contributed by atoms with van der Waals surface area (Å²) in [6.45, 7) is 6.26. The largest absolute Gasteiger partial charge is 0.351 e. The first-order valence-electron chi connectivity index (χ1n) is 10.0. The van der Waals surface area contributed by atoms with Gasteiger partial charge in [0.15, 0.2) is 5.17 Å². The van der Waals surface area contributed by atoms with E-state index in [-0.39, 0.29) is 17.7 Å². The number of fused-ring (bicyclic) bond motifs is 3. The molecule has 2 aromatic carbocycles. The van der Waals surface area contributed by atoms with Gasteiger partial charge in [0.25, 0.3) is 5.91 Å². The number of carbonyl (C=O) groups is 2. The highest BCUT2D eigenvalue weighted by Gasteiger charge is 2.43. The molecule has 2 aliphatic rings. The minimum absolute atomic E-state index is 0.0839. The standard InChI is InChI=1S/C23H24N4O2S/c1-14(2)19-22(29)27-20(26-19)17-11-7-8-12-18(17)25-23(27)30-15(3)21(28)24-13-16-9-5-4-6-10-16/h4-12,14-15,19H,13H2,1-3H3,(H,24,28)/t15-,19+/m0/s1. The van der Waals surface area contributed by atoms with Gasteiger partial charge in [-0.15, -0.1) is 0 Å². The number of para-hydroxylation sites is 1. The van der Waals surface area contributed by atoms with E-state index in [1.807, 2.05) is 75.4 Å². The van der Waals surface area contributed by atoms with Crippen LogP contribution in [0.3, 0.4) is 0 Å². The number of benzene rings is 2. The van der Waals surface area contributed by atoms with Gasteiger partial charge in [0.05, 0.1) is 10.9 Å². The summed E-state index contributed by atoms with van der Waals surface area (Å²) in [7, 11) is 0. The van der Waals surface area contributed by atoms with Gasteiger partial charge in [-0.25, -0.2) is 9.89 Å². The number of amides is 2. The van der Waals surface area contributed by atoms with Gasteiger partial charge in [0, 0.05) is 12.1 Å². The fourth-order valence-electron chi connectivity index (χ4n) is 3.42. The van der Waals surface area contributed by atoms with Crippen molar-refractivity contribution in [1.82, 2.24) is 10.2 Å². The second kappa shape index (κ2) is 8.44. The molecule has 154 valence electrons. The molecule has 0 saturated carbocycles. The monoisotopic (exact) mass is 420 g/mol. The molecule has 0 fully saturated rings. The zero-order valence-corrected chi connectivity index (χ0v) is 18.0. The van der Waals surface area contributed by atoms with Crippen molar-refractivity contribution in [2.75, 3.05) is 0 Å². The van der Waals surface area contributed by atoms with Gasteiger partial charge in [0.1, 0.15) is 11.9 Å². The van der Waals surface area contributed by atoms with E-state index in [1.54, 1.807) is 4.90 Å². The van der Waals surface area contributed by atoms with Crippen LogP contribution >= 0.6 is 11.8 Å². The van der Waals surface area contributed by atoms with Crippen LogP contribution in [-0.4, -0.2) is 39.0 Å². The van der Waals surface area contributed by atoms with E-state index in [1.165, 1.54) is 11.8 Å². The van der Waals surface area contributed by atoms with Crippen molar-refractivity contribution < 1.29 is 9.59 Å². The van der Waals surface area contributed by atoms with Crippen LogP contribution in [0.15, 0.2) is 64.6 Å². The molecule has 30 heavy (non-hydrogen) atoms. The fourth-order valence-corrected chi connectivity index (χ4v) is 4.36. The lowest BCUT2D eigenvalue weighted by Gasteiger charge is -2.27. The summed E-state index contributed by atoms with van der Waals surface area (Å²) in [6.07, 6.45) is 0. The third-order valence-corrected chi connectivity index (χ3v) is 6.14. The molecule has 0 unspecified atom stereocenters. The highest BCUT2D eigenvalue weighted by Crippen LogP contribution is 2.35. The molecule has 2 aliphatic heterocycles. The average molecular weight is 421 g/mol. The van der Waals surface area contributed by atoms with Crippen LogP contribution in [-0.2, 0) is 16.1 Å². The van der Waals surface area contributed by atoms with Crippen LogP contribution in [0.2, 0.25) is 0 Å². The number of amidine groups is 2. The quantitative estimate of drug-likeness (QED) is 0.801. The van der Waals surface area contributed by atoms with E-state index in [4.69, 9.17) is 9.98 Å². The number of hydrogen-bond donors (Lipinski definition) is 1. The molecule has 0 radical (unpaired) electrons. The molecular weight excluding hydrogens is 396 g/mol. The Morgan fingerprint density at radius 3 is 2.53 bits per heavy atom. The van der Waals surface area contributed by atoms with Gasteiger partial charge >= 0.3 is 0 Å². The summed E-state index contributed by atoms with van der Waals surface area (Å²) >= 11 is 1.28. The first kappa shape index (κ1) is 20.3. The minimum atomic E-state index is -0.431. The van der Waals surface area contributed by atoms with Crippen molar-refractivity contribution in [2.45, 2.75) is 38.6 Å². The predicted octanol–water partition coefficient (Wildman–Crippen LogP) is 3.74. The zero-order valence-electron chi connectivity index (χ0n) is 17.2. The Bertz CT molecular complexity index is 1030. The molecule has 2 atom stereocenters. The Kier molecular flexibility index (Phi) is 5.72. The Labute approximate surface area is 180 Å². The highest BCUT2D eigenvalue weighted by molar-refractivity contribution is 8.15. The van der Waals surface area contributed by atoms with Crippen LogP contribution in [0.4, 0.5) is 5.69 Å². The maximum absolute atomic E-state index is 13.1. The van der Waals surface area contributed by atoms with Crippen molar-refractivity contribution in [3.8, 4) is 0 Å². The van der Waals surface area contributed by atoms with Crippen LogP contribution in [0.5, 0.6) is 0 Å². The van der Waals surface area contributed by atoms with Crippen LogP contribution < -0.4 is 5.32 Å². The second-order valence-electron chi connectivity index (χ2n) is 7.69. The molecule has 2 aromatic rings. The fraction of sp³-hybridized carbons (Fsp3) is 0.304. The third kappa shape index (κ3) is 3.89. The highest BCUT2D eigenvalue weighted by atomic mass is 32.2. The number of carbonyl (C=O) groups excluding carboxylic acids is 2. The summed E-state index contributed by atoms with van der Waals surface area (Å²) in [5.74, 6) is 0.526. The summed E-state index contributed by atoms with van der Waals surface area (Å²) in [6, 6.07) is 17.0. The summed E-state index contributed by atoms with van der Waals surface area (Å²) < 4.78 is 0. The first-order valence-corrected chi connectivity index (χ1v) is 10.9. The van der Waals surface area contributed by atoms with E-state index in [0.29, 0.717) is 17.5 Å². The molecule has 0 aromatic heterocycles. The summed E-state index contributed by atoms with van der Waals surface area (Å²) in [5, 5.41) is 3.05. The Morgan fingerprint density at radius 2 is 1.80 bits per heavy atom. The van der Waals surface area contributed by atoms with Crippen molar-refractivity contribution in [3.05, 3.63) is 65.7 Å². The van der Waals surface area contributed by atoms with E-state index >= 15 is 0 Å². The number of rotatable bonds is 5. The molecule has 2 heterocycles. The summed E-state index contributed by atoms with van der Waals surface area (Å²) in [5.41, 5.74) is 2.65. The molecule has 1 N–H and O–H groups in total. The van der Waals surface area contributed by atoms with E-state index in [9.17, 15) is 9.59 Å². The maximum Gasteiger partial charge on any atom is 0.259 e. The van der Waals surface area contributed by atoms with Gasteiger partial charge in [-0.1, -0.05) is 68.1 Å². The van der Waals surface area contributed by atoms with Crippen LogP contribution in [0.25, 0.3) is 0 Å². The molecule has 4 rings (SSSR count). The molecule has 0 bridgehead atoms. The van der Waals surface area contributed by atoms with Gasteiger partial charge in [0.2, 0.25) is 5.91 Å². The molecule has 2 amide bonds. The lowest BCUT2D eigenvalue weighted by molar-refractivity contribution is -0.125. The smallest absolute Gasteiger partial charge is 0.259 e. The minimum Gasteiger partial charge on any atom is -0.351 e. The Morgan fingerprint density at radius 1 is 1.10 bits per heavy atom. The molecule has 0 saturated heterocycles. The van der Waals surface area contributed by atoms with E-state index in [2.05, 4.69) is 5.32 Å². The number of hydrogen-bond acceptors (Lipinski definition) is 5. The molecule has 6 nitrogen and oxygen atoms in total. The van der Waals surface area contributed by atoms with Gasteiger partial charge < -0.3 is 5.32 Å². The van der Waals surface area contributed by atoms with Gasteiger partial charge in [-0.05, 0) is 30.5 Å². The van der Waals surface area contributed by atoms with E-state index < -0.39 is 11.3 Å². The molecule has 0 aliphatic carbocycles. The second-order valence-corrected chi connectivity index (χ2v) is 9.00. The average Bonchev–Trinajstić information content (AvgIpc) is 3.11.